The molecule has 11 heteroatoms. The molecule has 1 aromatic heterocycles. The Bertz CT molecular complexity index is 1240. The van der Waals surface area contributed by atoms with Crippen LogP contribution in [0.1, 0.15) is 47.6 Å². The lowest BCUT2D eigenvalue weighted by molar-refractivity contribution is 0.0857. The van der Waals surface area contributed by atoms with Gasteiger partial charge in [0.15, 0.2) is 5.69 Å². The number of rotatable bonds is 7. The zero-order chi connectivity index (χ0) is 26.4. The normalized spacial score (nSPS) is 22.9. The van der Waals surface area contributed by atoms with Crippen LogP contribution in [0.5, 0.6) is 5.75 Å². The average Bonchev–Trinajstić information content (AvgIpc) is 3.04. The lowest BCUT2D eigenvalue weighted by atomic mass is 9.68. The number of nitrogens with zero attached hydrogens (tertiary/aromatic N) is 4. The van der Waals surface area contributed by atoms with Crippen LogP contribution in [0.4, 0.5) is 10.1 Å². The molecular weight excluding hydrogens is 487 g/mol. The molecule has 3 heterocycles. The van der Waals surface area contributed by atoms with Gasteiger partial charge in [0.2, 0.25) is 5.75 Å². The van der Waals surface area contributed by atoms with Crippen LogP contribution >= 0.6 is 11.6 Å². The van der Waals surface area contributed by atoms with Crippen LogP contribution in [0, 0.1) is 11.2 Å². The first-order valence-electron chi connectivity index (χ1n) is 12.0. The summed E-state index contributed by atoms with van der Waals surface area (Å²) < 4.78 is 16.3. The molecule has 1 fully saturated rings. The molecular formula is C25H34ClFN6O3. The van der Waals surface area contributed by atoms with E-state index in [1.54, 1.807) is 25.1 Å². The standard InChI is InChI=1S/C25H34ClFN6O3/c1-28-25-10-8-24(9-11-25,13-31(2)3)14-33-22(36)20(34)19(30-23(25)33)21(35)29-12-15-6-7-16(32(4)5)17(26)18(15)27/h6-7,28,34H,8-14H2,1-5H3,(H,29,35). The molecule has 9 nitrogen and oxygen atoms in total. The van der Waals surface area contributed by atoms with Crippen molar-refractivity contribution in [1.82, 2.24) is 25.1 Å². The van der Waals surface area contributed by atoms with Crippen molar-refractivity contribution < 1.29 is 14.3 Å². The second-order valence-electron chi connectivity index (χ2n) is 10.5. The van der Waals surface area contributed by atoms with Crippen molar-refractivity contribution in [2.45, 2.75) is 44.3 Å². The van der Waals surface area contributed by atoms with Crippen LogP contribution in [-0.2, 0) is 18.6 Å². The Kier molecular flexibility index (Phi) is 7.07. The zero-order valence-electron chi connectivity index (χ0n) is 21.4. The SMILES string of the molecule is CNC12CCC(CN(C)C)(CC1)Cn1c2nc(C(=O)NCc2ccc(N(C)C)c(Cl)c2F)c(O)c1=O. The second kappa shape index (κ2) is 9.64. The minimum atomic E-state index is -0.756. The summed E-state index contributed by atoms with van der Waals surface area (Å²) in [7, 11) is 9.35. The number of aromatic nitrogens is 2. The van der Waals surface area contributed by atoms with Crippen molar-refractivity contribution in [3.8, 4) is 5.75 Å². The number of anilines is 1. The number of amides is 1. The minimum absolute atomic E-state index is 0.0469. The van der Waals surface area contributed by atoms with Gasteiger partial charge in [-0.05, 0) is 52.9 Å². The monoisotopic (exact) mass is 520 g/mol. The molecule has 2 aromatic rings. The van der Waals surface area contributed by atoms with Gasteiger partial charge in [-0.25, -0.2) is 9.37 Å². The molecule has 0 unspecified atom stereocenters. The maximum atomic E-state index is 14.8. The fraction of sp³-hybridized carbons (Fsp3) is 0.560. The van der Waals surface area contributed by atoms with Crippen molar-refractivity contribution in [3.63, 3.8) is 0 Å². The van der Waals surface area contributed by atoms with Crippen LogP contribution in [0.15, 0.2) is 16.9 Å². The third-order valence-corrected chi connectivity index (χ3v) is 8.00. The summed E-state index contributed by atoms with van der Waals surface area (Å²) in [6.07, 6.45) is 3.30. The van der Waals surface area contributed by atoms with Gasteiger partial charge in [0, 0.05) is 44.7 Å². The zero-order valence-corrected chi connectivity index (χ0v) is 22.2. The average molecular weight is 521 g/mol. The fourth-order valence-electron chi connectivity index (χ4n) is 5.70. The van der Waals surface area contributed by atoms with Gasteiger partial charge in [-0.3, -0.25) is 14.2 Å². The van der Waals surface area contributed by atoms with E-state index in [0.29, 0.717) is 18.1 Å². The highest BCUT2D eigenvalue weighted by molar-refractivity contribution is 6.33. The Hall–Kier alpha value is -2.69. The van der Waals surface area contributed by atoms with E-state index >= 15 is 0 Å². The maximum Gasteiger partial charge on any atom is 0.296 e. The van der Waals surface area contributed by atoms with E-state index in [4.69, 9.17) is 11.6 Å². The third kappa shape index (κ3) is 4.46. The molecule has 3 N–H and O–H groups in total. The Morgan fingerprint density at radius 2 is 1.89 bits per heavy atom. The molecule has 2 bridgehead atoms. The molecule has 0 atom stereocenters. The van der Waals surface area contributed by atoms with Gasteiger partial charge in [0.05, 0.1) is 16.2 Å². The molecule has 1 saturated carbocycles. The number of fused-ring (bicyclic) bond motifs is 2. The molecule has 0 spiro atoms. The van der Waals surface area contributed by atoms with Gasteiger partial charge in [-0.1, -0.05) is 17.7 Å². The maximum absolute atomic E-state index is 14.8. The Balaban J connectivity index is 1.67. The number of hydrogen-bond donors (Lipinski definition) is 3. The van der Waals surface area contributed by atoms with E-state index in [0.717, 1.165) is 32.2 Å². The number of halogens is 2. The van der Waals surface area contributed by atoms with Gasteiger partial charge >= 0.3 is 0 Å². The van der Waals surface area contributed by atoms with Crippen molar-refractivity contribution in [2.24, 2.45) is 5.41 Å². The van der Waals surface area contributed by atoms with Gasteiger partial charge in [0.25, 0.3) is 11.5 Å². The quantitative estimate of drug-likeness (QED) is 0.514. The van der Waals surface area contributed by atoms with E-state index < -0.39 is 28.6 Å². The molecule has 5 rings (SSSR count). The molecule has 196 valence electrons. The van der Waals surface area contributed by atoms with Gasteiger partial charge in [0.1, 0.15) is 11.6 Å². The third-order valence-electron chi connectivity index (χ3n) is 7.64. The summed E-state index contributed by atoms with van der Waals surface area (Å²) in [5.74, 6) is -1.64. The molecule has 36 heavy (non-hydrogen) atoms. The van der Waals surface area contributed by atoms with Crippen LogP contribution in [0.3, 0.4) is 0 Å². The lowest BCUT2D eigenvalue weighted by Crippen LogP contribution is -2.47. The summed E-state index contributed by atoms with van der Waals surface area (Å²) >= 11 is 6.14. The van der Waals surface area contributed by atoms with E-state index in [1.165, 1.54) is 10.6 Å². The van der Waals surface area contributed by atoms with E-state index in [9.17, 15) is 19.1 Å². The Morgan fingerprint density at radius 3 is 2.47 bits per heavy atom. The van der Waals surface area contributed by atoms with Gasteiger partial charge in [-0.2, -0.15) is 0 Å². The molecule has 0 saturated heterocycles. The predicted octanol–water partition coefficient (Wildman–Crippen LogP) is 2.29. The van der Waals surface area contributed by atoms with Gasteiger partial charge in [-0.15, -0.1) is 0 Å². The van der Waals surface area contributed by atoms with Crippen molar-refractivity contribution >= 4 is 23.2 Å². The van der Waals surface area contributed by atoms with Crippen LogP contribution in [0.2, 0.25) is 5.02 Å². The summed E-state index contributed by atoms with van der Waals surface area (Å²) in [4.78, 5) is 34.8. The molecule has 0 radical (unpaired) electrons. The van der Waals surface area contributed by atoms with Crippen molar-refractivity contribution in [3.05, 3.63) is 50.4 Å². The first-order chi connectivity index (χ1) is 16.9. The Morgan fingerprint density at radius 1 is 1.22 bits per heavy atom. The van der Waals surface area contributed by atoms with Crippen LogP contribution in [0.25, 0.3) is 0 Å². The largest absolute Gasteiger partial charge is 0.501 e. The molecule has 1 aromatic carbocycles. The summed E-state index contributed by atoms with van der Waals surface area (Å²) in [6, 6.07) is 3.20. The number of carbonyl (C=O) groups is 1. The predicted molar refractivity (Wildman–Crippen MR) is 137 cm³/mol. The highest BCUT2D eigenvalue weighted by atomic mass is 35.5. The number of carbonyl (C=O) groups excluding carboxylic acids is 1. The Labute approximate surface area is 215 Å². The topological polar surface area (TPSA) is 103 Å². The van der Waals surface area contributed by atoms with E-state index in [1.807, 2.05) is 21.1 Å². The highest BCUT2D eigenvalue weighted by Gasteiger charge is 2.50. The fourth-order valence-corrected chi connectivity index (χ4v) is 6.05. The summed E-state index contributed by atoms with van der Waals surface area (Å²) in [6.45, 7) is 1.05. The number of aromatic hydroxyl groups is 1. The first kappa shape index (κ1) is 26.4. The number of benzene rings is 1. The van der Waals surface area contributed by atoms with Crippen molar-refractivity contribution in [2.75, 3.05) is 46.7 Å². The molecule has 1 amide bonds. The highest BCUT2D eigenvalue weighted by Crippen LogP contribution is 2.49. The number of hydrogen-bond acceptors (Lipinski definition) is 7. The lowest BCUT2D eigenvalue weighted by Gasteiger charge is -2.43. The van der Waals surface area contributed by atoms with E-state index in [2.05, 4.69) is 20.5 Å². The molecule has 1 aliphatic carbocycles. The molecule has 2 aliphatic heterocycles. The van der Waals surface area contributed by atoms with Crippen LogP contribution in [-0.4, -0.2) is 67.2 Å². The van der Waals surface area contributed by atoms with E-state index in [-0.39, 0.29) is 28.2 Å². The smallest absolute Gasteiger partial charge is 0.296 e. The molecule has 3 aliphatic rings. The van der Waals surface area contributed by atoms with Gasteiger partial charge < -0.3 is 25.5 Å². The second-order valence-corrected chi connectivity index (χ2v) is 10.9. The first-order valence-corrected chi connectivity index (χ1v) is 12.4. The summed E-state index contributed by atoms with van der Waals surface area (Å²) in [5, 5.41) is 16.6. The summed E-state index contributed by atoms with van der Waals surface area (Å²) in [5.41, 5.74) is -0.990. The van der Waals surface area contributed by atoms with Crippen molar-refractivity contribution in [1.29, 1.82) is 0 Å². The van der Waals surface area contributed by atoms with Crippen LogP contribution < -0.4 is 21.1 Å². The number of nitrogens with one attached hydrogen (secondary N) is 2. The minimum Gasteiger partial charge on any atom is -0.501 e.